The van der Waals surface area contributed by atoms with E-state index in [1.54, 1.807) is 11.3 Å². The van der Waals surface area contributed by atoms with Gasteiger partial charge in [-0.15, -0.1) is 23.7 Å². The van der Waals surface area contributed by atoms with E-state index in [0.29, 0.717) is 19.0 Å². The molecule has 2 N–H and O–H groups in total. The molecule has 96 valence electrons. The highest BCUT2D eigenvalue weighted by atomic mass is 79.9. The first kappa shape index (κ1) is 15.0. The molecule has 0 aliphatic carbocycles. The molecule has 2 rings (SSSR count). The minimum atomic E-state index is 0. The summed E-state index contributed by atoms with van der Waals surface area (Å²) in [4.78, 5) is 12.8. The van der Waals surface area contributed by atoms with E-state index < -0.39 is 0 Å². The van der Waals surface area contributed by atoms with Gasteiger partial charge in [0.25, 0.3) is 0 Å². The van der Waals surface area contributed by atoms with Crippen LogP contribution in [0.5, 0.6) is 0 Å². The maximum atomic E-state index is 11.6. The lowest BCUT2D eigenvalue weighted by atomic mass is 10.1. The number of amides is 1. The molecular weight excluding hydrogens is 324 g/mol. The molecule has 3 nitrogen and oxygen atoms in total. The number of rotatable bonds is 4. The van der Waals surface area contributed by atoms with Gasteiger partial charge in [-0.2, -0.15) is 0 Å². The summed E-state index contributed by atoms with van der Waals surface area (Å²) in [6.07, 6.45) is 2.92. The zero-order valence-electron chi connectivity index (χ0n) is 9.37. The van der Waals surface area contributed by atoms with Gasteiger partial charge < -0.3 is 10.6 Å². The molecule has 1 aromatic rings. The third kappa shape index (κ3) is 4.95. The van der Waals surface area contributed by atoms with Crippen molar-refractivity contribution in [2.24, 2.45) is 0 Å². The van der Waals surface area contributed by atoms with Crippen LogP contribution in [0.25, 0.3) is 0 Å². The van der Waals surface area contributed by atoms with Crippen molar-refractivity contribution in [3.8, 4) is 0 Å². The quantitative estimate of drug-likeness (QED) is 0.885. The van der Waals surface area contributed by atoms with Gasteiger partial charge in [-0.1, -0.05) is 0 Å². The molecule has 1 unspecified atom stereocenters. The van der Waals surface area contributed by atoms with Crippen LogP contribution in [0.15, 0.2) is 15.9 Å². The van der Waals surface area contributed by atoms with Crippen LogP contribution >= 0.6 is 39.7 Å². The van der Waals surface area contributed by atoms with Crippen LogP contribution in [0.3, 0.4) is 0 Å². The van der Waals surface area contributed by atoms with Crippen LogP contribution in [-0.4, -0.2) is 18.5 Å². The Hall–Kier alpha value is -0.100. The van der Waals surface area contributed by atoms with Crippen molar-refractivity contribution in [1.29, 1.82) is 0 Å². The Balaban J connectivity index is 0.00000144. The van der Waals surface area contributed by atoms with Crippen molar-refractivity contribution in [3.63, 3.8) is 0 Å². The minimum absolute atomic E-state index is 0. The van der Waals surface area contributed by atoms with Crippen LogP contribution in [0.2, 0.25) is 0 Å². The summed E-state index contributed by atoms with van der Waals surface area (Å²) < 4.78 is 1.08. The van der Waals surface area contributed by atoms with E-state index in [-0.39, 0.29) is 18.3 Å². The molecule has 1 aliphatic rings. The van der Waals surface area contributed by atoms with Crippen LogP contribution in [0.4, 0.5) is 0 Å². The molecule has 2 heterocycles. The van der Waals surface area contributed by atoms with Crippen LogP contribution in [0, 0.1) is 0 Å². The standard InChI is InChI=1S/C11H15BrN2OS.ClH/c12-8-4-10(16-7-8)6-14-11(15)5-9-2-1-3-13-9;/h4,7,9,13H,1-3,5-6H2,(H,14,15);1H. The van der Waals surface area contributed by atoms with E-state index in [2.05, 4.69) is 26.6 Å². The molecule has 17 heavy (non-hydrogen) atoms. The summed E-state index contributed by atoms with van der Waals surface area (Å²) in [5.74, 6) is 0.143. The highest BCUT2D eigenvalue weighted by molar-refractivity contribution is 9.10. The fourth-order valence-corrected chi connectivity index (χ4v) is 3.25. The van der Waals surface area contributed by atoms with Crippen LogP contribution in [0.1, 0.15) is 24.1 Å². The van der Waals surface area contributed by atoms with E-state index in [9.17, 15) is 4.79 Å². The van der Waals surface area contributed by atoms with Crippen molar-refractivity contribution in [3.05, 3.63) is 20.8 Å². The van der Waals surface area contributed by atoms with Gasteiger partial charge in [0.15, 0.2) is 0 Å². The molecule has 0 spiro atoms. The van der Waals surface area contributed by atoms with Gasteiger partial charge in [-0.05, 0) is 41.4 Å². The van der Waals surface area contributed by atoms with Gasteiger partial charge in [0.05, 0.1) is 6.54 Å². The van der Waals surface area contributed by atoms with Crippen LogP contribution in [-0.2, 0) is 11.3 Å². The molecule has 1 fully saturated rings. The summed E-state index contributed by atoms with van der Waals surface area (Å²) in [6.45, 7) is 1.69. The van der Waals surface area contributed by atoms with Gasteiger partial charge in [0.1, 0.15) is 0 Å². The Morgan fingerprint density at radius 1 is 1.65 bits per heavy atom. The molecule has 0 saturated carbocycles. The molecule has 1 saturated heterocycles. The van der Waals surface area contributed by atoms with Gasteiger partial charge >= 0.3 is 0 Å². The Bertz CT molecular complexity index is 366. The molecule has 6 heteroatoms. The largest absolute Gasteiger partial charge is 0.351 e. The average Bonchev–Trinajstić information content (AvgIpc) is 2.87. The first-order chi connectivity index (χ1) is 7.74. The molecule has 1 aliphatic heterocycles. The Morgan fingerprint density at radius 2 is 2.47 bits per heavy atom. The zero-order chi connectivity index (χ0) is 11.4. The number of thiophene rings is 1. The highest BCUT2D eigenvalue weighted by Crippen LogP contribution is 2.19. The number of carbonyl (C=O) groups excluding carboxylic acids is 1. The summed E-state index contributed by atoms with van der Waals surface area (Å²) in [6, 6.07) is 2.42. The van der Waals surface area contributed by atoms with Crippen molar-refractivity contribution in [1.82, 2.24) is 10.6 Å². The molecule has 1 aromatic heterocycles. The predicted molar refractivity (Wildman–Crippen MR) is 76.8 cm³/mol. The highest BCUT2D eigenvalue weighted by Gasteiger charge is 2.17. The summed E-state index contributed by atoms with van der Waals surface area (Å²) in [7, 11) is 0. The number of hydrogen-bond acceptors (Lipinski definition) is 3. The van der Waals surface area contributed by atoms with Crippen molar-refractivity contribution < 1.29 is 4.79 Å². The van der Waals surface area contributed by atoms with Crippen molar-refractivity contribution >= 4 is 45.6 Å². The van der Waals surface area contributed by atoms with E-state index >= 15 is 0 Å². The fourth-order valence-electron chi connectivity index (χ4n) is 1.86. The lowest BCUT2D eigenvalue weighted by Gasteiger charge is -2.09. The number of halogens is 2. The van der Waals surface area contributed by atoms with E-state index in [4.69, 9.17) is 0 Å². The summed E-state index contributed by atoms with van der Waals surface area (Å²) >= 11 is 5.05. The first-order valence-corrected chi connectivity index (χ1v) is 7.14. The van der Waals surface area contributed by atoms with E-state index in [1.807, 2.05) is 11.4 Å². The second-order valence-corrected chi connectivity index (χ2v) is 5.92. The molecule has 0 bridgehead atoms. The maximum absolute atomic E-state index is 11.6. The smallest absolute Gasteiger partial charge is 0.221 e. The van der Waals surface area contributed by atoms with Gasteiger partial charge in [0.2, 0.25) is 5.91 Å². The topological polar surface area (TPSA) is 41.1 Å². The molecular formula is C11H16BrClN2OS. The molecule has 1 amide bonds. The lowest BCUT2D eigenvalue weighted by Crippen LogP contribution is -2.31. The fraction of sp³-hybridized carbons (Fsp3) is 0.545. The maximum Gasteiger partial charge on any atom is 0.221 e. The normalized spacial score (nSPS) is 18.8. The first-order valence-electron chi connectivity index (χ1n) is 5.47. The number of hydrogen-bond donors (Lipinski definition) is 2. The van der Waals surface area contributed by atoms with Crippen molar-refractivity contribution in [2.45, 2.75) is 31.8 Å². The predicted octanol–water partition coefficient (Wildman–Crippen LogP) is 2.69. The molecule has 0 radical (unpaired) electrons. The second-order valence-electron chi connectivity index (χ2n) is 4.01. The second kappa shape index (κ2) is 7.36. The number of carbonyl (C=O) groups is 1. The van der Waals surface area contributed by atoms with Gasteiger partial charge in [-0.25, -0.2) is 0 Å². The minimum Gasteiger partial charge on any atom is -0.351 e. The van der Waals surface area contributed by atoms with Crippen molar-refractivity contribution in [2.75, 3.05) is 6.54 Å². The average molecular weight is 340 g/mol. The van der Waals surface area contributed by atoms with Gasteiger partial charge in [0, 0.05) is 27.2 Å². The Kier molecular flexibility index (Phi) is 6.48. The Labute approximate surface area is 120 Å². The van der Waals surface area contributed by atoms with E-state index in [1.165, 1.54) is 11.3 Å². The molecule has 1 atom stereocenters. The summed E-state index contributed by atoms with van der Waals surface area (Å²) in [5.41, 5.74) is 0. The summed E-state index contributed by atoms with van der Waals surface area (Å²) in [5, 5.41) is 8.30. The van der Waals surface area contributed by atoms with Crippen LogP contribution < -0.4 is 10.6 Å². The lowest BCUT2D eigenvalue weighted by molar-refractivity contribution is -0.121. The van der Waals surface area contributed by atoms with Gasteiger partial charge in [-0.3, -0.25) is 4.79 Å². The molecule has 0 aromatic carbocycles. The zero-order valence-corrected chi connectivity index (χ0v) is 12.6. The monoisotopic (exact) mass is 338 g/mol. The van der Waals surface area contributed by atoms with E-state index in [0.717, 1.165) is 17.4 Å². The third-order valence-corrected chi connectivity index (χ3v) is 4.37. The number of nitrogens with one attached hydrogen (secondary N) is 2. The Morgan fingerprint density at radius 3 is 3.06 bits per heavy atom. The third-order valence-electron chi connectivity index (χ3n) is 2.68. The SMILES string of the molecule is Cl.O=C(CC1CCCN1)NCc1cc(Br)cs1.